The first kappa shape index (κ1) is 19.4. The lowest BCUT2D eigenvalue weighted by Gasteiger charge is -2.23. The number of aromatic nitrogens is 2. The van der Waals surface area contributed by atoms with Gasteiger partial charge in [0.25, 0.3) is 0 Å². The highest BCUT2D eigenvalue weighted by Crippen LogP contribution is 2.32. The van der Waals surface area contributed by atoms with E-state index in [1.807, 2.05) is 26.8 Å². The quantitative estimate of drug-likeness (QED) is 0.773. The summed E-state index contributed by atoms with van der Waals surface area (Å²) in [5.41, 5.74) is 12.5. The third kappa shape index (κ3) is 3.84. The molecule has 1 saturated heterocycles. The van der Waals surface area contributed by atoms with Gasteiger partial charge in [-0.05, 0) is 46.3 Å². The van der Waals surface area contributed by atoms with Crippen molar-refractivity contribution in [1.82, 2.24) is 15.1 Å². The van der Waals surface area contributed by atoms with Crippen molar-refractivity contribution in [2.75, 3.05) is 6.54 Å². The molecule has 0 amide bonds. The maximum absolute atomic E-state index is 14.4. The van der Waals surface area contributed by atoms with Crippen LogP contribution in [0.1, 0.15) is 39.8 Å². The number of ether oxygens (including phenoxy) is 1. The first-order chi connectivity index (χ1) is 13.8. The summed E-state index contributed by atoms with van der Waals surface area (Å²) in [6, 6.07) is 3.56. The summed E-state index contributed by atoms with van der Waals surface area (Å²) < 4.78 is 20.0. The van der Waals surface area contributed by atoms with Gasteiger partial charge in [-0.2, -0.15) is 5.10 Å². The summed E-state index contributed by atoms with van der Waals surface area (Å²) in [5.74, 6) is 0.633. The second-order valence-electron chi connectivity index (χ2n) is 8.05. The lowest BCUT2D eigenvalue weighted by atomic mass is 10.1. The summed E-state index contributed by atoms with van der Waals surface area (Å²) in [7, 11) is 0. The highest BCUT2D eigenvalue weighted by molar-refractivity contribution is 5.95. The minimum atomic E-state index is -0.414. The molecule has 0 spiro atoms. The van der Waals surface area contributed by atoms with Gasteiger partial charge in [-0.25, -0.2) is 9.38 Å². The minimum absolute atomic E-state index is 0.128. The molecule has 0 radical (unpaired) electrons. The fourth-order valence-electron chi connectivity index (χ4n) is 3.85. The van der Waals surface area contributed by atoms with Gasteiger partial charge in [-0.3, -0.25) is 5.10 Å². The summed E-state index contributed by atoms with van der Waals surface area (Å²) in [4.78, 5) is 6.86. The Bertz CT molecular complexity index is 1070. The number of allylic oxidation sites excluding steroid dienone is 2. The Balaban J connectivity index is 1.80. The monoisotopic (exact) mass is 395 g/mol. The Hall–Kier alpha value is -2.89. The van der Waals surface area contributed by atoms with Crippen molar-refractivity contribution < 1.29 is 9.13 Å². The van der Waals surface area contributed by atoms with Crippen molar-refractivity contribution in [3.63, 3.8) is 0 Å². The molecule has 2 aliphatic heterocycles. The van der Waals surface area contributed by atoms with Gasteiger partial charge in [0.2, 0.25) is 0 Å². The lowest BCUT2D eigenvalue weighted by Crippen LogP contribution is -2.28. The van der Waals surface area contributed by atoms with Gasteiger partial charge < -0.3 is 15.4 Å². The molecule has 1 fully saturated rings. The molecule has 3 heterocycles. The number of H-pyrrole nitrogens is 1. The fourth-order valence-corrected chi connectivity index (χ4v) is 3.85. The molecule has 7 heteroatoms. The molecule has 0 bridgehead atoms. The van der Waals surface area contributed by atoms with E-state index in [0.717, 1.165) is 35.3 Å². The van der Waals surface area contributed by atoms with Crippen LogP contribution in [0.2, 0.25) is 0 Å². The summed E-state index contributed by atoms with van der Waals surface area (Å²) >= 11 is 0. The average molecular weight is 395 g/mol. The molecule has 2 aliphatic rings. The number of hydrogen-bond donors (Lipinski definition) is 2. The largest absolute Gasteiger partial charge is 0.488 e. The van der Waals surface area contributed by atoms with Gasteiger partial charge in [0, 0.05) is 47.4 Å². The van der Waals surface area contributed by atoms with Crippen LogP contribution in [0.15, 0.2) is 40.3 Å². The van der Waals surface area contributed by atoms with Crippen molar-refractivity contribution in [1.29, 1.82) is 0 Å². The number of rotatable bonds is 4. The molecule has 2 unspecified atom stereocenters. The number of nitrogens with one attached hydrogen (secondary N) is 1. The van der Waals surface area contributed by atoms with E-state index in [1.165, 1.54) is 6.07 Å². The van der Waals surface area contributed by atoms with E-state index in [9.17, 15) is 4.39 Å². The maximum atomic E-state index is 14.4. The Morgan fingerprint density at radius 3 is 2.86 bits per heavy atom. The molecular formula is C22H26FN5O. The molecule has 0 saturated carbocycles. The number of nitrogens with zero attached hydrogens (tertiary/aromatic N) is 3. The number of aromatic amines is 1. The minimum Gasteiger partial charge on any atom is -0.488 e. The van der Waals surface area contributed by atoms with E-state index in [2.05, 4.69) is 32.7 Å². The Morgan fingerprint density at radius 2 is 2.17 bits per heavy atom. The van der Waals surface area contributed by atoms with Gasteiger partial charge in [0.15, 0.2) is 11.6 Å². The van der Waals surface area contributed by atoms with Crippen molar-refractivity contribution in [2.24, 2.45) is 10.7 Å². The Labute approximate surface area is 169 Å². The fraction of sp³-hybridized carbons (Fsp3) is 0.409. The summed E-state index contributed by atoms with van der Waals surface area (Å²) in [6.45, 7) is 8.60. The zero-order valence-corrected chi connectivity index (χ0v) is 17.2. The van der Waals surface area contributed by atoms with Crippen LogP contribution in [0, 0.1) is 5.82 Å². The molecule has 6 nitrogen and oxygen atoms in total. The number of hydrogen-bond acceptors (Lipinski definition) is 5. The first-order valence-electron chi connectivity index (χ1n) is 9.92. The molecule has 1 aromatic heterocycles. The molecule has 2 aromatic rings. The number of likely N-dealkylation sites (tertiary alicyclic amines) is 1. The number of benzene rings is 1. The van der Waals surface area contributed by atoms with Gasteiger partial charge >= 0.3 is 0 Å². The van der Waals surface area contributed by atoms with E-state index in [-0.39, 0.29) is 17.9 Å². The number of nitrogens with two attached hydrogens (primary N) is 1. The molecule has 29 heavy (non-hydrogen) atoms. The van der Waals surface area contributed by atoms with Gasteiger partial charge in [-0.1, -0.05) is 0 Å². The van der Waals surface area contributed by atoms with Crippen LogP contribution in [0.4, 0.5) is 4.39 Å². The number of aliphatic imine (C=N–C) groups is 1. The molecule has 152 valence electrons. The van der Waals surface area contributed by atoms with E-state index in [1.54, 1.807) is 12.3 Å². The molecular weight excluding hydrogens is 369 g/mol. The van der Waals surface area contributed by atoms with Crippen molar-refractivity contribution in [2.45, 2.75) is 52.3 Å². The van der Waals surface area contributed by atoms with Crippen LogP contribution in [0.3, 0.4) is 0 Å². The third-order valence-corrected chi connectivity index (χ3v) is 5.13. The van der Waals surface area contributed by atoms with Crippen LogP contribution in [0.5, 0.6) is 5.75 Å². The molecule has 0 aliphatic carbocycles. The number of fused-ring (bicyclic) bond motifs is 1. The van der Waals surface area contributed by atoms with Crippen molar-refractivity contribution >= 4 is 22.7 Å². The van der Waals surface area contributed by atoms with Gasteiger partial charge in [-0.15, -0.1) is 5.73 Å². The van der Waals surface area contributed by atoms with E-state index >= 15 is 0 Å². The Morgan fingerprint density at radius 1 is 1.38 bits per heavy atom. The predicted octanol–water partition coefficient (Wildman–Crippen LogP) is 3.77. The van der Waals surface area contributed by atoms with Crippen LogP contribution >= 0.6 is 0 Å². The smallest absolute Gasteiger partial charge is 0.167 e. The highest BCUT2D eigenvalue weighted by Gasteiger charge is 2.28. The van der Waals surface area contributed by atoms with Crippen LogP contribution in [-0.4, -0.2) is 46.0 Å². The van der Waals surface area contributed by atoms with E-state index in [4.69, 9.17) is 10.5 Å². The van der Waals surface area contributed by atoms with Gasteiger partial charge in [0.1, 0.15) is 11.5 Å². The second-order valence-corrected chi connectivity index (χ2v) is 8.05. The molecule has 3 N–H and O–H groups in total. The SMILES string of the molecule is CC1=C=C(c2n[nH]c3cc(F)c(OC(C)C)cc23)C=C(N2CC(N)CC2C)N=C1. The van der Waals surface area contributed by atoms with E-state index < -0.39 is 5.82 Å². The normalized spacial score (nSPS) is 22.0. The molecule has 1 aromatic carbocycles. The average Bonchev–Trinajstić information content (AvgIpc) is 3.13. The first-order valence-corrected chi connectivity index (χ1v) is 9.92. The van der Waals surface area contributed by atoms with Crippen LogP contribution < -0.4 is 10.5 Å². The van der Waals surface area contributed by atoms with E-state index in [0.29, 0.717) is 17.3 Å². The standard InChI is InChI=1S/C22H26FN5O/c1-12(2)29-20-8-17-19(9-18(20)23)26-27-22(17)15-5-13(3)10-25-21(7-15)28-11-16(24)6-14(28)4/h7-10,12,14,16H,6,11,24H2,1-4H3,(H,26,27). The zero-order chi connectivity index (χ0) is 20.7. The topological polar surface area (TPSA) is 79.5 Å². The predicted molar refractivity (Wildman–Crippen MR) is 113 cm³/mol. The third-order valence-electron chi connectivity index (χ3n) is 5.13. The maximum Gasteiger partial charge on any atom is 0.167 e. The van der Waals surface area contributed by atoms with Crippen LogP contribution in [0.25, 0.3) is 16.5 Å². The van der Waals surface area contributed by atoms with Gasteiger partial charge in [0.05, 0.1) is 11.6 Å². The summed E-state index contributed by atoms with van der Waals surface area (Å²) in [6.07, 6.45) is 4.58. The number of halogens is 1. The van der Waals surface area contributed by atoms with Crippen LogP contribution in [-0.2, 0) is 0 Å². The lowest BCUT2D eigenvalue weighted by molar-refractivity contribution is 0.231. The zero-order valence-electron chi connectivity index (χ0n) is 17.2. The molecule has 4 rings (SSSR count). The highest BCUT2D eigenvalue weighted by atomic mass is 19.1. The van der Waals surface area contributed by atoms with Crippen molar-refractivity contribution in [3.05, 3.63) is 46.8 Å². The second kappa shape index (κ2) is 7.50. The molecule has 2 atom stereocenters. The van der Waals surface area contributed by atoms with Crippen molar-refractivity contribution in [3.8, 4) is 5.75 Å². The Kier molecular flexibility index (Phi) is 5.03. The summed E-state index contributed by atoms with van der Waals surface area (Å²) in [5, 5.41) is 8.15.